The maximum absolute atomic E-state index is 12.1. The van der Waals surface area contributed by atoms with Crippen LogP contribution in [0.2, 0.25) is 5.04 Å². The molecule has 0 unspecified atom stereocenters. The molecule has 4 aliphatic carbocycles. The average molecular weight is 417 g/mol. The largest absolute Gasteiger partial charge is 0.418 e. The van der Waals surface area contributed by atoms with E-state index in [-0.39, 0.29) is 5.60 Å². The highest BCUT2D eigenvalue weighted by Gasteiger charge is 2.61. The molecular weight excluding hydrogens is 372 g/mol. The van der Waals surface area contributed by atoms with Crippen LogP contribution in [0.25, 0.3) is 0 Å². The number of allylic oxidation sites excluding steroid dienone is 1. The summed E-state index contributed by atoms with van der Waals surface area (Å²) in [6, 6.07) is 0. The van der Waals surface area contributed by atoms with Gasteiger partial charge in [-0.1, -0.05) is 40.2 Å². The third kappa shape index (κ3) is 3.62. The van der Waals surface area contributed by atoms with Gasteiger partial charge in [0.25, 0.3) is 0 Å². The van der Waals surface area contributed by atoms with E-state index in [1.165, 1.54) is 37.7 Å². The molecule has 4 aliphatic rings. The molecule has 6 atom stereocenters. The molecule has 3 fully saturated rings. The maximum Gasteiger partial charge on any atom is 0.167 e. The molecule has 0 aromatic carbocycles. The number of hydrogen-bond acceptors (Lipinski definition) is 2. The fraction of sp³-hybridized carbons (Fsp3) is 0.885. The van der Waals surface area contributed by atoms with E-state index in [1.807, 2.05) is 6.08 Å². The van der Waals surface area contributed by atoms with Gasteiger partial charge in [-0.25, -0.2) is 0 Å². The standard InChI is InChI=1S/C26H44O2Si/c1-23(2,3)29-28-24(4,5)22-11-10-20-19-9-8-17-16-18(27)12-14-25(17,6)21(19)13-15-26(20,22)7/h16,19-22H,8-15,29H2,1-7H3/t19-,20-,21-,22+,25-,26-/m0/s1. The summed E-state index contributed by atoms with van der Waals surface area (Å²) < 4.78 is 6.74. The Bertz CT molecular complexity index is 702. The van der Waals surface area contributed by atoms with Gasteiger partial charge in [-0.15, -0.1) is 0 Å². The van der Waals surface area contributed by atoms with Crippen molar-refractivity contribution < 1.29 is 9.22 Å². The molecule has 0 heterocycles. The molecule has 29 heavy (non-hydrogen) atoms. The van der Waals surface area contributed by atoms with Crippen LogP contribution < -0.4 is 0 Å². The van der Waals surface area contributed by atoms with Gasteiger partial charge in [-0.05, 0) is 104 Å². The van der Waals surface area contributed by atoms with Gasteiger partial charge in [0.15, 0.2) is 15.5 Å². The third-order valence-corrected chi connectivity index (χ3v) is 11.4. The minimum Gasteiger partial charge on any atom is -0.418 e. The number of ketones is 1. The summed E-state index contributed by atoms with van der Waals surface area (Å²) >= 11 is 0. The van der Waals surface area contributed by atoms with Crippen LogP contribution >= 0.6 is 0 Å². The van der Waals surface area contributed by atoms with E-state index in [2.05, 4.69) is 48.5 Å². The maximum atomic E-state index is 12.1. The van der Waals surface area contributed by atoms with Crippen molar-refractivity contribution in [3.05, 3.63) is 11.6 Å². The molecule has 0 aromatic heterocycles. The van der Waals surface area contributed by atoms with Crippen LogP contribution in [0.1, 0.15) is 99.8 Å². The zero-order valence-corrected chi connectivity index (χ0v) is 21.5. The summed E-state index contributed by atoms with van der Waals surface area (Å²) in [5, 5.41) is 0.354. The first kappa shape index (κ1) is 21.8. The van der Waals surface area contributed by atoms with E-state index in [0.29, 0.717) is 27.6 Å². The van der Waals surface area contributed by atoms with Gasteiger partial charge in [0.1, 0.15) is 0 Å². The topological polar surface area (TPSA) is 26.3 Å². The van der Waals surface area contributed by atoms with Crippen LogP contribution in [0.4, 0.5) is 0 Å². The van der Waals surface area contributed by atoms with Gasteiger partial charge in [0, 0.05) is 6.42 Å². The number of fused-ring (bicyclic) bond motifs is 5. The van der Waals surface area contributed by atoms with Crippen molar-refractivity contribution >= 4 is 15.5 Å². The van der Waals surface area contributed by atoms with E-state index in [9.17, 15) is 4.79 Å². The van der Waals surface area contributed by atoms with Crippen molar-refractivity contribution in [2.45, 2.75) is 110 Å². The van der Waals surface area contributed by atoms with Crippen molar-refractivity contribution in [2.24, 2.45) is 34.5 Å². The van der Waals surface area contributed by atoms with Gasteiger partial charge >= 0.3 is 0 Å². The van der Waals surface area contributed by atoms with Crippen molar-refractivity contribution in [3.8, 4) is 0 Å². The summed E-state index contributed by atoms with van der Waals surface area (Å²) in [6.07, 6.45) is 11.8. The highest BCUT2D eigenvalue weighted by Crippen LogP contribution is 2.68. The Morgan fingerprint density at radius 1 is 0.966 bits per heavy atom. The van der Waals surface area contributed by atoms with Crippen LogP contribution in [-0.2, 0) is 9.22 Å². The van der Waals surface area contributed by atoms with E-state index in [0.717, 1.165) is 37.0 Å². The van der Waals surface area contributed by atoms with Crippen molar-refractivity contribution in [2.75, 3.05) is 0 Å². The third-order valence-electron chi connectivity index (χ3n) is 9.68. The predicted molar refractivity (Wildman–Crippen MR) is 124 cm³/mol. The lowest BCUT2D eigenvalue weighted by Crippen LogP contribution is -2.53. The Balaban J connectivity index is 1.56. The Morgan fingerprint density at radius 2 is 1.69 bits per heavy atom. The second-order valence-electron chi connectivity index (χ2n) is 13.1. The molecule has 2 nitrogen and oxygen atoms in total. The second kappa shape index (κ2) is 7.05. The van der Waals surface area contributed by atoms with Crippen LogP contribution in [0, 0.1) is 34.5 Å². The van der Waals surface area contributed by atoms with E-state index >= 15 is 0 Å². The fourth-order valence-electron chi connectivity index (χ4n) is 8.20. The Labute approximate surface area is 181 Å². The fourth-order valence-corrected chi connectivity index (χ4v) is 9.21. The normalized spacial score (nSPS) is 43.1. The Morgan fingerprint density at radius 3 is 2.38 bits per heavy atom. The molecule has 164 valence electrons. The first-order valence-corrected chi connectivity index (χ1v) is 13.5. The monoisotopic (exact) mass is 416 g/mol. The molecule has 0 N–H and O–H groups in total. The lowest BCUT2D eigenvalue weighted by atomic mass is 9.46. The zero-order valence-electron chi connectivity index (χ0n) is 20.1. The number of hydrogen-bond donors (Lipinski definition) is 0. The van der Waals surface area contributed by atoms with Crippen molar-refractivity contribution in [1.82, 2.24) is 0 Å². The number of carbonyl (C=O) groups excluding carboxylic acids is 1. The average Bonchev–Trinajstić information content (AvgIpc) is 2.98. The Hall–Kier alpha value is -0.413. The molecule has 0 saturated heterocycles. The lowest BCUT2D eigenvalue weighted by Gasteiger charge is -2.59. The van der Waals surface area contributed by atoms with Crippen molar-refractivity contribution in [1.29, 1.82) is 0 Å². The number of rotatable bonds is 3. The predicted octanol–water partition coefficient (Wildman–Crippen LogP) is 6.23. The summed E-state index contributed by atoms with van der Waals surface area (Å²) in [4.78, 5) is 12.1. The van der Waals surface area contributed by atoms with E-state index < -0.39 is 9.76 Å². The molecule has 0 aromatic rings. The SMILES string of the molecule is CC(C)(C)[SiH2]OC(C)(C)[C@H]1CC[C@H]2[C@@H]3CCC4=CC(=O)CC[C@]4(C)[C@H]3CC[C@]12C. The summed E-state index contributed by atoms with van der Waals surface area (Å²) in [5.41, 5.74) is 2.23. The van der Waals surface area contributed by atoms with Crippen LogP contribution in [0.3, 0.4) is 0 Å². The molecule has 4 rings (SSSR count). The van der Waals surface area contributed by atoms with Crippen LogP contribution in [0.15, 0.2) is 11.6 Å². The molecule has 0 amide bonds. The molecule has 0 bridgehead atoms. The van der Waals surface area contributed by atoms with Crippen LogP contribution in [-0.4, -0.2) is 21.1 Å². The van der Waals surface area contributed by atoms with Gasteiger partial charge in [0.2, 0.25) is 0 Å². The summed E-state index contributed by atoms with van der Waals surface area (Å²) in [7, 11) is -0.540. The van der Waals surface area contributed by atoms with E-state index in [4.69, 9.17) is 4.43 Å². The molecule has 3 heteroatoms. The first-order valence-electron chi connectivity index (χ1n) is 12.2. The summed E-state index contributed by atoms with van der Waals surface area (Å²) in [6.45, 7) is 16.9. The van der Waals surface area contributed by atoms with E-state index in [1.54, 1.807) is 0 Å². The first-order chi connectivity index (χ1) is 13.4. The molecule has 3 saturated carbocycles. The minimum absolute atomic E-state index is 0.0106. The van der Waals surface area contributed by atoms with Crippen molar-refractivity contribution in [3.63, 3.8) is 0 Å². The number of carbonyl (C=O) groups is 1. The Kier molecular flexibility index (Phi) is 5.30. The molecule has 0 spiro atoms. The van der Waals surface area contributed by atoms with Gasteiger partial charge in [0.05, 0.1) is 5.60 Å². The van der Waals surface area contributed by atoms with Gasteiger partial charge in [-0.2, -0.15) is 0 Å². The summed E-state index contributed by atoms with van der Waals surface area (Å²) in [5.74, 6) is 3.56. The van der Waals surface area contributed by atoms with Gasteiger partial charge in [-0.3, -0.25) is 4.79 Å². The molecular formula is C26H44O2Si. The van der Waals surface area contributed by atoms with Gasteiger partial charge < -0.3 is 4.43 Å². The minimum atomic E-state index is -0.540. The molecule has 0 aliphatic heterocycles. The molecule has 0 radical (unpaired) electrons. The smallest absolute Gasteiger partial charge is 0.167 e. The lowest BCUT2D eigenvalue weighted by molar-refractivity contribution is -0.118. The second-order valence-corrected chi connectivity index (χ2v) is 15.8. The van der Waals surface area contributed by atoms with Crippen LogP contribution in [0.5, 0.6) is 0 Å². The zero-order chi connectivity index (χ0) is 21.2. The highest BCUT2D eigenvalue weighted by molar-refractivity contribution is 6.31. The highest BCUT2D eigenvalue weighted by atomic mass is 28.2. The quantitative estimate of drug-likeness (QED) is 0.510.